The summed E-state index contributed by atoms with van der Waals surface area (Å²) in [7, 11) is 0. The highest BCUT2D eigenvalue weighted by atomic mass is 16.4. The SMILES string of the molecule is C[C@H](NC(=O)[C@H](Cc1ccc(O)cc1)NC(=O)[C@@H](N)Cc1ccc(O)cc1)C(=O)O. The van der Waals surface area contributed by atoms with Crippen molar-refractivity contribution in [3.05, 3.63) is 59.7 Å². The van der Waals surface area contributed by atoms with Gasteiger partial charge < -0.3 is 31.7 Å². The minimum Gasteiger partial charge on any atom is -0.508 e. The van der Waals surface area contributed by atoms with E-state index < -0.39 is 35.9 Å². The summed E-state index contributed by atoms with van der Waals surface area (Å²) in [5.74, 6) is -2.30. The largest absolute Gasteiger partial charge is 0.508 e. The number of carboxylic acids is 1. The van der Waals surface area contributed by atoms with E-state index in [0.717, 1.165) is 5.56 Å². The Kier molecular flexibility index (Phi) is 7.76. The number of nitrogens with one attached hydrogen (secondary N) is 2. The van der Waals surface area contributed by atoms with Crippen LogP contribution >= 0.6 is 0 Å². The number of hydrogen-bond acceptors (Lipinski definition) is 6. The summed E-state index contributed by atoms with van der Waals surface area (Å²) in [4.78, 5) is 36.2. The summed E-state index contributed by atoms with van der Waals surface area (Å²) in [5.41, 5.74) is 7.35. The van der Waals surface area contributed by atoms with Crippen LogP contribution in [0.15, 0.2) is 48.5 Å². The van der Waals surface area contributed by atoms with E-state index in [1.54, 1.807) is 24.3 Å². The number of nitrogens with two attached hydrogens (primary N) is 1. The standard InChI is InChI=1S/C21H25N3O6/c1-12(21(29)30)23-20(28)18(11-14-4-8-16(26)9-5-14)24-19(27)17(22)10-13-2-6-15(25)7-3-13/h2-9,12,17-18,25-26H,10-11,22H2,1H3,(H,23,28)(H,24,27)(H,29,30)/t12-,17-,18-/m0/s1. The predicted molar refractivity (Wildman–Crippen MR) is 109 cm³/mol. The molecule has 0 aliphatic carbocycles. The number of carboxylic acid groups (broad SMARTS) is 1. The Bertz CT molecular complexity index is 883. The lowest BCUT2D eigenvalue weighted by Crippen LogP contribution is -2.55. The molecule has 30 heavy (non-hydrogen) atoms. The van der Waals surface area contributed by atoms with Crippen LogP contribution in [-0.2, 0) is 27.2 Å². The topological polar surface area (TPSA) is 162 Å². The molecule has 0 heterocycles. The quantitative estimate of drug-likeness (QED) is 0.343. The van der Waals surface area contributed by atoms with Gasteiger partial charge in [0.15, 0.2) is 0 Å². The number of benzene rings is 2. The van der Waals surface area contributed by atoms with Crippen molar-refractivity contribution in [3.8, 4) is 11.5 Å². The molecule has 0 spiro atoms. The number of phenols is 2. The van der Waals surface area contributed by atoms with E-state index in [0.29, 0.717) is 5.56 Å². The number of carbonyl (C=O) groups is 3. The third kappa shape index (κ3) is 6.78. The van der Waals surface area contributed by atoms with Gasteiger partial charge in [-0.1, -0.05) is 24.3 Å². The predicted octanol–water partition coefficient (Wildman–Crippen LogP) is 0.284. The summed E-state index contributed by atoms with van der Waals surface area (Å²) in [6, 6.07) is 9.17. The number of phenolic OH excluding ortho intramolecular Hbond substituents is 2. The lowest BCUT2D eigenvalue weighted by atomic mass is 10.0. The third-order valence-corrected chi connectivity index (χ3v) is 4.47. The molecule has 2 amide bonds. The van der Waals surface area contributed by atoms with Gasteiger partial charge in [0.1, 0.15) is 23.6 Å². The van der Waals surface area contributed by atoms with Crippen LogP contribution in [0.5, 0.6) is 11.5 Å². The molecule has 0 saturated heterocycles. The highest BCUT2D eigenvalue weighted by Gasteiger charge is 2.26. The number of aromatic hydroxyl groups is 2. The maximum absolute atomic E-state index is 12.6. The molecule has 2 rings (SSSR count). The van der Waals surface area contributed by atoms with Gasteiger partial charge in [-0.25, -0.2) is 0 Å². The van der Waals surface area contributed by atoms with Gasteiger partial charge in [0.2, 0.25) is 11.8 Å². The molecule has 0 saturated carbocycles. The van der Waals surface area contributed by atoms with Crippen molar-refractivity contribution in [2.45, 2.75) is 37.9 Å². The fourth-order valence-corrected chi connectivity index (χ4v) is 2.71. The average molecular weight is 415 g/mol. The minimum absolute atomic E-state index is 0.0548. The molecule has 160 valence electrons. The number of carbonyl (C=O) groups excluding carboxylic acids is 2. The molecule has 9 heteroatoms. The van der Waals surface area contributed by atoms with Crippen LogP contribution in [0.25, 0.3) is 0 Å². The van der Waals surface area contributed by atoms with Gasteiger partial charge in [0.05, 0.1) is 6.04 Å². The van der Waals surface area contributed by atoms with Crippen molar-refractivity contribution < 1.29 is 29.7 Å². The normalized spacial score (nSPS) is 13.7. The number of hydrogen-bond donors (Lipinski definition) is 6. The Hall–Kier alpha value is -3.59. The Morgan fingerprint density at radius 1 is 0.833 bits per heavy atom. The van der Waals surface area contributed by atoms with Gasteiger partial charge in [-0.15, -0.1) is 0 Å². The number of aliphatic carboxylic acids is 1. The molecular weight excluding hydrogens is 390 g/mol. The van der Waals surface area contributed by atoms with Crippen molar-refractivity contribution in [2.24, 2.45) is 5.73 Å². The summed E-state index contributed by atoms with van der Waals surface area (Å²) in [5, 5.41) is 32.7. The molecule has 0 aliphatic heterocycles. The first-order valence-corrected chi connectivity index (χ1v) is 9.30. The smallest absolute Gasteiger partial charge is 0.325 e. The van der Waals surface area contributed by atoms with E-state index in [2.05, 4.69) is 10.6 Å². The van der Waals surface area contributed by atoms with Gasteiger partial charge in [-0.2, -0.15) is 0 Å². The Morgan fingerprint density at radius 2 is 1.30 bits per heavy atom. The summed E-state index contributed by atoms with van der Waals surface area (Å²) < 4.78 is 0. The Labute approximate surface area is 173 Å². The number of rotatable bonds is 9. The zero-order valence-electron chi connectivity index (χ0n) is 16.4. The zero-order chi connectivity index (χ0) is 22.3. The van der Waals surface area contributed by atoms with Gasteiger partial charge in [-0.05, 0) is 48.7 Å². The molecular formula is C21H25N3O6. The van der Waals surface area contributed by atoms with Crippen LogP contribution in [0.3, 0.4) is 0 Å². The van der Waals surface area contributed by atoms with Crippen molar-refractivity contribution in [3.63, 3.8) is 0 Å². The summed E-state index contributed by atoms with van der Waals surface area (Å²) >= 11 is 0. The first-order valence-electron chi connectivity index (χ1n) is 9.30. The maximum atomic E-state index is 12.6. The molecule has 0 unspecified atom stereocenters. The molecule has 2 aromatic rings. The number of amides is 2. The summed E-state index contributed by atoms with van der Waals surface area (Å²) in [6.07, 6.45) is 0.265. The van der Waals surface area contributed by atoms with Crippen LogP contribution in [0.2, 0.25) is 0 Å². The molecule has 0 aliphatic rings. The first kappa shape index (κ1) is 22.7. The van der Waals surface area contributed by atoms with E-state index >= 15 is 0 Å². The molecule has 0 fully saturated rings. The van der Waals surface area contributed by atoms with Crippen LogP contribution in [0, 0.1) is 0 Å². The fourth-order valence-electron chi connectivity index (χ4n) is 2.71. The molecule has 0 bridgehead atoms. The molecule has 3 atom stereocenters. The second-order valence-electron chi connectivity index (χ2n) is 6.98. The molecule has 0 aromatic heterocycles. The van der Waals surface area contributed by atoms with Crippen LogP contribution in [0.1, 0.15) is 18.1 Å². The lowest BCUT2D eigenvalue weighted by Gasteiger charge is -2.22. The van der Waals surface area contributed by atoms with Crippen molar-refractivity contribution >= 4 is 17.8 Å². The van der Waals surface area contributed by atoms with Gasteiger partial charge in [0, 0.05) is 6.42 Å². The average Bonchev–Trinajstić information content (AvgIpc) is 2.70. The van der Waals surface area contributed by atoms with E-state index in [1.165, 1.54) is 31.2 Å². The Balaban J connectivity index is 2.10. The summed E-state index contributed by atoms with van der Waals surface area (Å²) in [6.45, 7) is 1.32. The molecule has 2 aromatic carbocycles. The van der Waals surface area contributed by atoms with Crippen LogP contribution in [0.4, 0.5) is 0 Å². The van der Waals surface area contributed by atoms with E-state index in [9.17, 15) is 24.6 Å². The van der Waals surface area contributed by atoms with E-state index in [1.807, 2.05) is 0 Å². The monoisotopic (exact) mass is 415 g/mol. The van der Waals surface area contributed by atoms with Crippen molar-refractivity contribution in [1.82, 2.24) is 10.6 Å². The van der Waals surface area contributed by atoms with Crippen molar-refractivity contribution in [1.29, 1.82) is 0 Å². The van der Waals surface area contributed by atoms with Crippen LogP contribution in [-0.4, -0.2) is 51.2 Å². The first-order chi connectivity index (χ1) is 14.2. The van der Waals surface area contributed by atoms with Crippen molar-refractivity contribution in [2.75, 3.05) is 0 Å². The van der Waals surface area contributed by atoms with E-state index in [4.69, 9.17) is 10.8 Å². The Morgan fingerprint density at radius 3 is 1.77 bits per heavy atom. The second kappa shape index (κ2) is 10.3. The molecule has 0 radical (unpaired) electrons. The highest BCUT2D eigenvalue weighted by Crippen LogP contribution is 2.13. The van der Waals surface area contributed by atoms with E-state index in [-0.39, 0.29) is 24.3 Å². The zero-order valence-corrected chi connectivity index (χ0v) is 16.4. The van der Waals surface area contributed by atoms with Gasteiger partial charge in [-0.3, -0.25) is 14.4 Å². The lowest BCUT2D eigenvalue weighted by molar-refractivity contribution is -0.141. The molecule has 7 N–H and O–H groups in total. The third-order valence-electron chi connectivity index (χ3n) is 4.47. The molecule has 9 nitrogen and oxygen atoms in total. The van der Waals surface area contributed by atoms with Crippen LogP contribution < -0.4 is 16.4 Å². The maximum Gasteiger partial charge on any atom is 0.325 e. The van der Waals surface area contributed by atoms with Gasteiger partial charge in [0.25, 0.3) is 0 Å². The fraction of sp³-hybridized carbons (Fsp3) is 0.286. The van der Waals surface area contributed by atoms with Gasteiger partial charge >= 0.3 is 5.97 Å². The minimum atomic E-state index is -1.21. The highest BCUT2D eigenvalue weighted by molar-refractivity contribution is 5.92. The second-order valence-corrected chi connectivity index (χ2v) is 6.98.